The van der Waals surface area contributed by atoms with E-state index in [0.717, 1.165) is 12.1 Å². The minimum atomic E-state index is -4.04. The van der Waals surface area contributed by atoms with Crippen LogP contribution < -0.4 is 14.2 Å². The molecular formula is C16H17N3O7S3. The first-order valence-electron chi connectivity index (χ1n) is 8.14. The number of nitrogens with one attached hydrogen (secondary N) is 1. The predicted molar refractivity (Wildman–Crippen MR) is 106 cm³/mol. The van der Waals surface area contributed by atoms with E-state index in [1.165, 1.54) is 43.3 Å². The Bertz CT molecular complexity index is 1270. The molecule has 1 aliphatic heterocycles. The molecule has 2 aromatic carbocycles. The molecule has 1 atom stereocenters. The molecule has 3 N–H and O–H groups in total. The van der Waals surface area contributed by atoms with Gasteiger partial charge in [0.2, 0.25) is 26.0 Å². The van der Waals surface area contributed by atoms with Crippen LogP contribution in [-0.2, 0) is 34.9 Å². The van der Waals surface area contributed by atoms with Crippen LogP contribution in [0, 0.1) is 5.92 Å². The second-order valence-corrected chi connectivity index (χ2v) is 11.6. The SMILES string of the molecule is CC1CS(=O)(=O)N(c2ccc(S(=O)(=O)Nc3ccc(S(N)(=O)=O)cc3)cc2)C1=O. The zero-order chi connectivity index (χ0) is 21.6. The summed E-state index contributed by atoms with van der Waals surface area (Å²) < 4.78 is 74.7. The molecule has 1 unspecified atom stereocenters. The van der Waals surface area contributed by atoms with Crippen molar-refractivity contribution in [2.45, 2.75) is 16.7 Å². The maximum Gasteiger partial charge on any atom is 0.261 e. The molecule has 0 aliphatic carbocycles. The Morgan fingerprint density at radius 1 is 0.966 bits per heavy atom. The summed E-state index contributed by atoms with van der Waals surface area (Å²) in [4.78, 5) is 11.8. The molecule has 156 valence electrons. The van der Waals surface area contributed by atoms with E-state index in [2.05, 4.69) is 4.72 Å². The van der Waals surface area contributed by atoms with E-state index in [1.807, 2.05) is 0 Å². The number of carbonyl (C=O) groups excluding carboxylic acids is 1. The first-order valence-corrected chi connectivity index (χ1v) is 12.8. The lowest BCUT2D eigenvalue weighted by molar-refractivity contribution is -0.119. The highest BCUT2D eigenvalue weighted by Gasteiger charge is 2.41. The Hall–Kier alpha value is -2.48. The van der Waals surface area contributed by atoms with Crippen molar-refractivity contribution in [2.24, 2.45) is 11.1 Å². The second-order valence-electron chi connectivity index (χ2n) is 6.45. The quantitative estimate of drug-likeness (QED) is 0.656. The monoisotopic (exact) mass is 459 g/mol. The molecule has 1 heterocycles. The number of carbonyl (C=O) groups is 1. The van der Waals surface area contributed by atoms with E-state index in [0.29, 0.717) is 4.31 Å². The van der Waals surface area contributed by atoms with Gasteiger partial charge in [-0.05, 0) is 48.5 Å². The molecule has 10 nitrogen and oxygen atoms in total. The van der Waals surface area contributed by atoms with E-state index in [-0.39, 0.29) is 26.9 Å². The van der Waals surface area contributed by atoms with Crippen LogP contribution >= 0.6 is 0 Å². The summed E-state index contributed by atoms with van der Waals surface area (Å²) in [5, 5.41) is 4.99. The Balaban J connectivity index is 1.85. The number of sulfonamides is 3. The highest BCUT2D eigenvalue weighted by molar-refractivity contribution is 7.94. The summed E-state index contributed by atoms with van der Waals surface area (Å²) in [7, 11) is -11.7. The Morgan fingerprint density at radius 2 is 1.48 bits per heavy atom. The minimum Gasteiger partial charge on any atom is -0.280 e. The summed E-state index contributed by atoms with van der Waals surface area (Å²) in [6.07, 6.45) is 0. The molecule has 0 radical (unpaired) electrons. The molecular weight excluding hydrogens is 442 g/mol. The third-order valence-electron chi connectivity index (χ3n) is 4.18. The Kier molecular flexibility index (Phi) is 5.19. The molecule has 13 heteroatoms. The first-order chi connectivity index (χ1) is 13.3. The van der Waals surface area contributed by atoms with Crippen molar-refractivity contribution in [3.05, 3.63) is 48.5 Å². The van der Waals surface area contributed by atoms with Crippen molar-refractivity contribution in [1.29, 1.82) is 0 Å². The molecule has 1 aliphatic rings. The van der Waals surface area contributed by atoms with Crippen LogP contribution in [0.25, 0.3) is 0 Å². The number of rotatable bonds is 5. The van der Waals surface area contributed by atoms with Gasteiger partial charge in [-0.25, -0.2) is 34.7 Å². The van der Waals surface area contributed by atoms with Gasteiger partial charge in [0.05, 0.1) is 27.1 Å². The van der Waals surface area contributed by atoms with Gasteiger partial charge in [-0.1, -0.05) is 6.92 Å². The molecule has 0 bridgehead atoms. The van der Waals surface area contributed by atoms with Crippen LogP contribution in [-0.4, -0.2) is 36.9 Å². The molecule has 1 saturated heterocycles. The highest BCUT2D eigenvalue weighted by atomic mass is 32.2. The van der Waals surface area contributed by atoms with Crippen molar-refractivity contribution in [3.8, 4) is 0 Å². The number of hydrogen-bond acceptors (Lipinski definition) is 7. The fraction of sp³-hybridized carbons (Fsp3) is 0.188. The highest BCUT2D eigenvalue weighted by Crippen LogP contribution is 2.29. The first kappa shape index (κ1) is 21.2. The fourth-order valence-electron chi connectivity index (χ4n) is 2.77. The fourth-order valence-corrected chi connectivity index (χ4v) is 6.17. The number of nitrogens with two attached hydrogens (primary N) is 1. The van der Waals surface area contributed by atoms with E-state index >= 15 is 0 Å². The van der Waals surface area contributed by atoms with Crippen molar-refractivity contribution < 1.29 is 30.0 Å². The molecule has 29 heavy (non-hydrogen) atoms. The second kappa shape index (κ2) is 7.09. The standard InChI is InChI=1S/C16H17N3O7S3/c1-11-10-27(21,22)19(16(11)20)13-4-8-15(9-5-13)29(25,26)18-12-2-6-14(7-3-12)28(17,23)24/h2-9,11,18H,10H2,1H3,(H2,17,23,24). The van der Waals surface area contributed by atoms with Gasteiger partial charge in [0.15, 0.2) is 0 Å². The number of anilines is 2. The maximum atomic E-state index is 12.5. The average Bonchev–Trinajstić information content (AvgIpc) is 2.81. The van der Waals surface area contributed by atoms with Gasteiger partial charge >= 0.3 is 0 Å². The molecule has 2 aromatic rings. The van der Waals surface area contributed by atoms with E-state index < -0.39 is 41.9 Å². The summed E-state index contributed by atoms with van der Waals surface area (Å²) in [5.41, 5.74) is 0.156. The Morgan fingerprint density at radius 3 is 1.93 bits per heavy atom. The third-order valence-corrected chi connectivity index (χ3v) is 8.37. The zero-order valence-corrected chi connectivity index (χ0v) is 17.5. The van der Waals surface area contributed by atoms with Crippen LogP contribution in [0.4, 0.5) is 11.4 Å². The van der Waals surface area contributed by atoms with Crippen LogP contribution in [0.3, 0.4) is 0 Å². The molecule has 0 spiro atoms. The lowest BCUT2D eigenvalue weighted by Gasteiger charge is -2.16. The van der Waals surface area contributed by atoms with Crippen molar-refractivity contribution in [2.75, 3.05) is 14.8 Å². The number of hydrogen-bond donors (Lipinski definition) is 2. The summed E-state index contributed by atoms with van der Waals surface area (Å²) in [6, 6.07) is 9.58. The van der Waals surface area contributed by atoms with Gasteiger partial charge in [0.25, 0.3) is 10.0 Å². The molecule has 0 aromatic heterocycles. The third kappa shape index (κ3) is 4.27. The van der Waals surface area contributed by atoms with Gasteiger partial charge in [0, 0.05) is 5.69 Å². The topological polar surface area (TPSA) is 161 Å². The van der Waals surface area contributed by atoms with E-state index in [4.69, 9.17) is 5.14 Å². The zero-order valence-electron chi connectivity index (χ0n) is 15.0. The predicted octanol–water partition coefficient (Wildman–Crippen LogP) is 0.447. The summed E-state index contributed by atoms with van der Waals surface area (Å²) in [5.74, 6) is -1.55. The normalized spacial score (nSPS) is 19.3. The smallest absolute Gasteiger partial charge is 0.261 e. The number of amides is 1. The maximum absolute atomic E-state index is 12.5. The van der Waals surface area contributed by atoms with Crippen LogP contribution in [0.5, 0.6) is 0 Å². The molecule has 0 saturated carbocycles. The minimum absolute atomic E-state index is 0.0517. The average molecular weight is 460 g/mol. The van der Waals surface area contributed by atoms with Crippen molar-refractivity contribution >= 4 is 47.4 Å². The van der Waals surface area contributed by atoms with Crippen LogP contribution in [0.15, 0.2) is 58.3 Å². The number of benzene rings is 2. The van der Waals surface area contributed by atoms with Gasteiger partial charge in [0.1, 0.15) is 0 Å². The number of nitrogens with zero attached hydrogens (tertiary/aromatic N) is 1. The van der Waals surface area contributed by atoms with Crippen LogP contribution in [0.2, 0.25) is 0 Å². The lowest BCUT2D eigenvalue weighted by Crippen LogP contribution is -2.30. The Labute approximate surface area is 168 Å². The van der Waals surface area contributed by atoms with Crippen LogP contribution in [0.1, 0.15) is 6.92 Å². The molecule has 1 fully saturated rings. The molecule has 3 rings (SSSR count). The number of primary sulfonamides is 1. The molecule has 1 amide bonds. The van der Waals surface area contributed by atoms with Crippen molar-refractivity contribution in [3.63, 3.8) is 0 Å². The van der Waals surface area contributed by atoms with Gasteiger partial charge in [-0.15, -0.1) is 0 Å². The lowest BCUT2D eigenvalue weighted by atomic mass is 10.2. The largest absolute Gasteiger partial charge is 0.280 e. The van der Waals surface area contributed by atoms with Gasteiger partial charge in [-0.3, -0.25) is 9.52 Å². The van der Waals surface area contributed by atoms with Crippen molar-refractivity contribution in [1.82, 2.24) is 0 Å². The van der Waals surface area contributed by atoms with Gasteiger partial charge in [-0.2, -0.15) is 0 Å². The van der Waals surface area contributed by atoms with Gasteiger partial charge < -0.3 is 0 Å². The van der Waals surface area contributed by atoms with E-state index in [9.17, 15) is 30.0 Å². The summed E-state index contributed by atoms with van der Waals surface area (Å²) >= 11 is 0. The summed E-state index contributed by atoms with van der Waals surface area (Å²) in [6.45, 7) is 1.50. The van der Waals surface area contributed by atoms with E-state index in [1.54, 1.807) is 0 Å².